The normalized spacial score (nSPS) is 10.7. The maximum atomic E-state index is 13.0. The molecule has 0 spiro atoms. The van der Waals surface area contributed by atoms with Crippen LogP contribution in [0.2, 0.25) is 5.02 Å². The molecule has 1 amide bonds. The van der Waals surface area contributed by atoms with Gasteiger partial charge in [-0.2, -0.15) is 0 Å². The highest BCUT2D eigenvalue weighted by Crippen LogP contribution is 2.25. The third-order valence-corrected chi connectivity index (χ3v) is 5.69. The predicted octanol–water partition coefficient (Wildman–Crippen LogP) is 5.15. The number of nitrogens with zero attached hydrogens (tertiary/aromatic N) is 1. The van der Waals surface area contributed by atoms with Gasteiger partial charge in [0.05, 0.1) is 11.4 Å². The molecule has 134 valence electrons. The number of halogens is 2. The van der Waals surface area contributed by atoms with E-state index < -0.39 is 0 Å². The number of amides is 1. The van der Waals surface area contributed by atoms with Gasteiger partial charge in [-0.05, 0) is 42.0 Å². The molecule has 3 aromatic rings. The van der Waals surface area contributed by atoms with Crippen LogP contribution in [0.3, 0.4) is 0 Å². The van der Waals surface area contributed by atoms with Gasteiger partial charge in [-0.15, -0.1) is 23.1 Å². The maximum Gasteiger partial charge on any atom is 0.230 e. The number of thioether (sulfide) groups is 1. The minimum Gasteiger partial charge on any atom is -0.351 e. The zero-order valence-electron chi connectivity index (χ0n) is 13.7. The Bertz CT molecular complexity index is 866. The lowest BCUT2D eigenvalue weighted by atomic mass is 10.2. The largest absolute Gasteiger partial charge is 0.351 e. The van der Waals surface area contributed by atoms with Gasteiger partial charge in [0, 0.05) is 28.3 Å². The molecule has 0 saturated heterocycles. The highest BCUT2D eigenvalue weighted by molar-refractivity contribution is 7.99. The first kappa shape index (κ1) is 18.9. The third-order valence-electron chi connectivity index (χ3n) is 3.53. The van der Waals surface area contributed by atoms with Gasteiger partial charge in [0.1, 0.15) is 10.8 Å². The molecule has 7 heteroatoms. The molecule has 26 heavy (non-hydrogen) atoms. The van der Waals surface area contributed by atoms with Gasteiger partial charge >= 0.3 is 0 Å². The van der Waals surface area contributed by atoms with E-state index in [1.807, 2.05) is 17.5 Å². The maximum absolute atomic E-state index is 13.0. The first-order valence-electron chi connectivity index (χ1n) is 7.89. The van der Waals surface area contributed by atoms with Gasteiger partial charge < -0.3 is 5.32 Å². The molecule has 0 aliphatic rings. The van der Waals surface area contributed by atoms with Crippen LogP contribution in [0.25, 0.3) is 10.6 Å². The summed E-state index contributed by atoms with van der Waals surface area (Å²) in [5, 5.41) is 6.39. The van der Waals surface area contributed by atoms with E-state index in [1.54, 1.807) is 24.3 Å². The molecule has 3 rings (SSSR count). The number of rotatable bonds is 7. The van der Waals surface area contributed by atoms with Crippen molar-refractivity contribution in [3.8, 4) is 10.6 Å². The van der Waals surface area contributed by atoms with Crippen molar-refractivity contribution in [2.24, 2.45) is 0 Å². The molecule has 0 saturated carbocycles. The average molecular weight is 407 g/mol. The zero-order chi connectivity index (χ0) is 18.4. The molecule has 1 aromatic heterocycles. The standard InChI is InChI=1S/C19H16ClFN2OS2/c20-15-5-1-13(2-6-15)9-22-18(24)12-25-10-17-11-26-19(23-17)14-3-7-16(21)8-4-14/h1-8,11H,9-10,12H2,(H,22,24). The Morgan fingerprint density at radius 1 is 1.15 bits per heavy atom. The summed E-state index contributed by atoms with van der Waals surface area (Å²) in [6, 6.07) is 13.7. The van der Waals surface area contributed by atoms with E-state index in [0.717, 1.165) is 21.8 Å². The second kappa shape index (κ2) is 9.16. The summed E-state index contributed by atoms with van der Waals surface area (Å²) in [5.41, 5.74) is 2.83. The van der Waals surface area contributed by atoms with Crippen LogP contribution in [-0.4, -0.2) is 16.6 Å². The van der Waals surface area contributed by atoms with E-state index in [2.05, 4.69) is 10.3 Å². The number of carbonyl (C=O) groups excluding carboxylic acids is 1. The van der Waals surface area contributed by atoms with Crippen molar-refractivity contribution in [1.29, 1.82) is 0 Å². The molecule has 0 unspecified atom stereocenters. The lowest BCUT2D eigenvalue weighted by Crippen LogP contribution is -2.24. The smallest absolute Gasteiger partial charge is 0.230 e. The first-order valence-corrected chi connectivity index (χ1v) is 10.3. The number of hydrogen-bond acceptors (Lipinski definition) is 4. The van der Waals surface area contributed by atoms with Crippen LogP contribution in [-0.2, 0) is 17.1 Å². The fourth-order valence-electron chi connectivity index (χ4n) is 2.20. The van der Waals surface area contributed by atoms with Gasteiger partial charge in [0.25, 0.3) is 0 Å². The summed E-state index contributed by atoms with van der Waals surface area (Å²) in [6.45, 7) is 0.488. The van der Waals surface area contributed by atoms with Crippen LogP contribution < -0.4 is 5.32 Å². The second-order valence-corrected chi connectivity index (χ2v) is 7.83. The molecule has 0 aliphatic heterocycles. The van der Waals surface area contributed by atoms with Crippen LogP contribution in [0.1, 0.15) is 11.3 Å². The van der Waals surface area contributed by atoms with Crippen molar-refractivity contribution in [2.45, 2.75) is 12.3 Å². The molecule has 1 heterocycles. The number of hydrogen-bond donors (Lipinski definition) is 1. The zero-order valence-corrected chi connectivity index (χ0v) is 16.1. The van der Waals surface area contributed by atoms with Gasteiger partial charge in [-0.3, -0.25) is 4.79 Å². The van der Waals surface area contributed by atoms with E-state index in [4.69, 9.17) is 11.6 Å². The quantitative estimate of drug-likeness (QED) is 0.589. The molecule has 0 atom stereocenters. The third kappa shape index (κ3) is 5.56. The van der Waals surface area contributed by atoms with Crippen molar-refractivity contribution in [3.05, 3.63) is 76.0 Å². The van der Waals surface area contributed by atoms with Gasteiger partial charge in [0.2, 0.25) is 5.91 Å². The van der Waals surface area contributed by atoms with Crippen molar-refractivity contribution >= 4 is 40.6 Å². The molecule has 3 nitrogen and oxygen atoms in total. The van der Waals surface area contributed by atoms with Gasteiger partial charge in [0.15, 0.2) is 0 Å². The molecule has 0 fully saturated rings. The monoisotopic (exact) mass is 406 g/mol. The van der Waals surface area contributed by atoms with E-state index in [1.165, 1.54) is 35.2 Å². The Morgan fingerprint density at radius 3 is 2.62 bits per heavy atom. The highest BCUT2D eigenvalue weighted by atomic mass is 35.5. The van der Waals surface area contributed by atoms with Crippen molar-refractivity contribution in [3.63, 3.8) is 0 Å². The minimum absolute atomic E-state index is 0.0149. The summed E-state index contributed by atoms with van der Waals surface area (Å²) in [7, 11) is 0. The molecule has 2 aromatic carbocycles. The number of aromatic nitrogens is 1. The lowest BCUT2D eigenvalue weighted by molar-refractivity contribution is -0.118. The predicted molar refractivity (Wildman–Crippen MR) is 107 cm³/mol. The Morgan fingerprint density at radius 2 is 1.88 bits per heavy atom. The minimum atomic E-state index is -0.259. The highest BCUT2D eigenvalue weighted by Gasteiger charge is 2.07. The number of carbonyl (C=O) groups is 1. The summed E-state index contributed by atoms with van der Waals surface area (Å²) < 4.78 is 13.0. The van der Waals surface area contributed by atoms with Crippen molar-refractivity contribution < 1.29 is 9.18 Å². The van der Waals surface area contributed by atoms with E-state index in [-0.39, 0.29) is 11.7 Å². The number of thiazole rings is 1. The topological polar surface area (TPSA) is 42.0 Å². The average Bonchev–Trinajstić information content (AvgIpc) is 3.11. The molecular formula is C19H16ClFN2OS2. The molecular weight excluding hydrogens is 391 g/mol. The Hall–Kier alpha value is -1.89. The summed E-state index contributed by atoms with van der Waals surface area (Å²) in [4.78, 5) is 16.5. The second-order valence-electron chi connectivity index (χ2n) is 5.55. The summed E-state index contributed by atoms with van der Waals surface area (Å²) in [6.07, 6.45) is 0. The van der Waals surface area contributed by atoms with Crippen LogP contribution in [0.4, 0.5) is 4.39 Å². The fourth-order valence-corrected chi connectivity index (χ4v) is 4.00. The Kier molecular flexibility index (Phi) is 6.66. The van der Waals surface area contributed by atoms with E-state index in [0.29, 0.717) is 23.1 Å². The summed E-state index contributed by atoms with van der Waals surface area (Å²) in [5.74, 6) is 0.757. The van der Waals surface area contributed by atoms with E-state index in [9.17, 15) is 9.18 Å². The van der Waals surface area contributed by atoms with Crippen LogP contribution >= 0.6 is 34.7 Å². The molecule has 0 aliphatic carbocycles. The Balaban J connectivity index is 1.42. The first-order chi connectivity index (χ1) is 12.6. The lowest BCUT2D eigenvalue weighted by Gasteiger charge is -2.05. The van der Waals surface area contributed by atoms with Crippen LogP contribution in [0.15, 0.2) is 53.9 Å². The Labute approximate surface area is 164 Å². The SMILES string of the molecule is O=C(CSCc1csc(-c2ccc(F)cc2)n1)NCc1ccc(Cl)cc1. The van der Waals surface area contributed by atoms with Crippen LogP contribution in [0, 0.1) is 5.82 Å². The van der Waals surface area contributed by atoms with Gasteiger partial charge in [-0.25, -0.2) is 9.37 Å². The van der Waals surface area contributed by atoms with Gasteiger partial charge in [-0.1, -0.05) is 23.7 Å². The fraction of sp³-hybridized carbons (Fsp3) is 0.158. The molecule has 0 bridgehead atoms. The van der Waals surface area contributed by atoms with E-state index >= 15 is 0 Å². The van der Waals surface area contributed by atoms with Crippen molar-refractivity contribution in [2.75, 3.05) is 5.75 Å². The molecule has 1 N–H and O–H groups in total. The summed E-state index contributed by atoms with van der Waals surface area (Å²) >= 11 is 8.87. The van der Waals surface area contributed by atoms with Crippen LogP contribution in [0.5, 0.6) is 0 Å². The number of nitrogens with one attached hydrogen (secondary N) is 1. The number of benzene rings is 2. The van der Waals surface area contributed by atoms with Crippen molar-refractivity contribution in [1.82, 2.24) is 10.3 Å². The molecule has 0 radical (unpaired) electrons.